The molecule has 2 aromatic rings. The zero-order valence-electron chi connectivity index (χ0n) is 16.6. The molecule has 0 saturated carbocycles. The molecule has 6 heteroatoms. The lowest BCUT2D eigenvalue weighted by Crippen LogP contribution is -2.35. The molecule has 2 rings (SSSR count). The summed E-state index contributed by atoms with van der Waals surface area (Å²) in [6, 6.07) is 16.8. The Bertz CT molecular complexity index is 867. The third-order valence-electron chi connectivity index (χ3n) is 4.35. The van der Waals surface area contributed by atoms with E-state index in [1.165, 1.54) is 0 Å². The van der Waals surface area contributed by atoms with Crippen molar-refractivity contribution in [3.05, 3.63) is 65.2 Å². The van der Waals surface area contributed by atoms with E-state index in [4.69, 9.17) is 9.47 Å². The third kappa shape index (κ3) is 5.60. The molecule has 1 N–H and O–H groups in total. The largest absolute Gasteiger partial charge is 0.497 e. The Morgan fingerprint density at radius 2 is 1.82 bits per heavy atom. The van der Waals surface area contributed by atoms with E-state index in [1.807, 2.05) is 61.5 Å². The van der Waals surface area contributed by atoms with E-state index in [-0.39, 0.29) is 11.6 Å². The number of carbonyl (C=O) groups is 1. The van der Waals surface area contributed by atoms with Crippen LogP contribution in [0.5, 0.6) is 11.5 Å². The predicted molar refractivity (Wildman–Crippen MR) is 109 cm³/mol. The van der Waals surface area contributed by atoms with Crippen LogP contribution in [0.1, 0.15) is 17.2 Å². The van der Waals surface area contributed by atoms with Crippen LogP contribution >= 0.6 is 0 Å². The van der Waals surface area contributed by atoms with Crippen LogP contribution in [0, 0.1) is 11.3 Å². The summed E-state index contributed by atoms with van der Waals surface area (Å²) in [5.41, 5.74) is 1.81. The van der Waals surface area contributed by atoms with Gasteiger partial charge in [-0.15, -0.1) is 0 Å². The van der Waals surface area contributed by atoms with E-state index in [2.05, 4.69) is 5.32 Å². The summed E-state index contributed by atoms with van der Waals surface area (Å²) in [7, 11) is 7.08. The van der Waals surface area contributed by atoms with E-state index < -0.39 is 5.91 Å². The van der Waals surface area contributed by atoms with E-state index >= 15 is 0 Å². The van der Waals surface area contributed by atoms with E-state index in [0.717, 1.165) is 16.9 Å². The Kier molecular flexibility index (Phi) is 7.61. The molecule has 0 aliphatic rings. The molecule has 1 atom stereocenters. The summed E-state index contributed by atoms with van der Waals surface area (Å²) in [5.74, 6) is 1.03. The third-order valence-corrected chi connectivity index (χ3v) is 4.35. The monoisotopic (exact) mass is 379 g/mol. The van der Waals surface area contributed by atoms with Gasteiger partial charge in [0.1, 0.15) is 23.1 Å². The SMILES string of the molecule is COc1ccc([C@H](CNC(=O)/C(C#N)=C/c2cccc(OC)c2)N(C)C)cc1. The molecule has 0 bridgehead atoms. The first kappa shape index (κ1) is 21.0. The number of nitrogens with one attached hydrogen (secondary N) is 1. The average molecular weight is 379 g/mol. The highest BCUT2D eigenvalue weighted by molar-refractivity contribution is 6.01. The van der Waals surface area contributed by atoms with Gasteiger partial charge in [0, 0.05) is 6.54 Å². The maximum atomic E-state index is 12.5. The molecule has 2 aromatic carbocycles. The molecule has 1 amide bonds. The van der Waals surface area contributed by atoms with Crippen molar-refractivity contribution in [1.29, 1.82) is 5.26 Å². The van der Waals surface area contributed by atoms with Gasteiger partial charge in [0.15, 0.2) is 0 Å². The highest BCUT2D eigenvalue weighted by Gasteiger charge is 2.17. The Morgan fingerprint density at radius 3 is 2.39 bits per heavy atom. The van der Waals surface area contributed by atoms with Gasteiger partial charge in [-0.3, -0.25) is 4.79 Å². The molecule has 0 spiro atoms. The van der Waals surface area contributed by atoms with Crippen LogP contribution in [-0.2, 0) is 4.79 Å². The zero-order chi connectivity index (χ0) is 20.5. The highest BCUT2D eigenvalue weighted by atomic mass is 16.5. The Hall–Kier alpha value is -3.30. The minimum absolute atomic E-state index is 0.0355. The molecule has 0 unspecified atom stereocenters. The van der Waals surface area contributed by atoms with Crippen LogP contribution in [0.3, 0.4) is 0 Å². The maximum absolute atomic E-state index is 12.5. The van der Waals surface area contributed by atoms with Crippen LogP contribution in [0.4, 0.5) is 0 Å². The van der Waals surface area contributed by atoms with Crippen LogP contribution < -0.4 is 14.8 Å². The maximum Gasteiger partial charge on any atom is 0.262 e. The van der Waals surface area contributed by atoms with Gasteiger partial charge in [-0.1, -0.05) is 24.3 Å². The zero-order valence-corrected chi connectivity index (χ0v) is 16.6. The number of hydrogen-bond acceptors (Lipinski definition) is 5. The minimum atomic E-state index is -0.411. The van der Waals surface area contributed by atoms with Gasteiger partial charge in [-0.05, 0) is 55.6 Å². The summed E-state index contributed by atoms with van der Waals surface area (Å²) in [5, 5.41) is 12.3. The summed E-state index contributed by atoms with van der Waals surface area (Å²) in [6.07, 6.45) is 1.55. The highest BCUT2D eigenvalue weighted by Crippen LogP contribution is 2.21. The second kappa shape index (κ2) is 10.1. The topological polar surface area (TPSA) is 74.6 Å². The lowest BCUT2D eigenvalue weighted by atomic mass is 10.1. The van der Waals surface area contributed by atoms with Crippen LogP contribution in [-0.4, -0.2) is 45.7 Å². The number of rotatable bonds is 8. The Labute approximate surface area is 166 Å². The molecule has 28 heavy (non-hydrogen) atoms. The number of benzene rings is 2. The molecule has 0 aliphatic carbocycles. The fourth-order valence-corrected chi connectivity index (χ4v) is 2.76. The van der Waals surface area contributed by atoms with Crippen molar-refractivity contribution in [3.63, 3.8) is 0 Å². The van der Waals surface area contributed by atoms with Crippen molar-refractivity contribution in [2.45, 2.75) is 6.04 Å². The van der Waals surface area contributed by atoms with Crippen LogP contribution in [0.15, 0.2) is 54.1 Å². The predicted octanol–water partition coefficient (Wildman–Crippen LogP) is 3.03. The first-order valence-corrected chi connectivity index (χ1v) is 8.83. The van der Waals surface area contributed by atoms with Gasteiger partial charge in [0.25, 0.3) is 5.91 Å². The van der Waals surface area contributed by atoms with Crippen molar-refractivity contribution >= 4 is 12.0 Å². The van der Waals surface area contributed by atoms with Gasteiger partial charge in [-0.25, -0.2) is 0 Å². The van der Waals surface area contributed by atoms with Crippen LogP contribution in [0.2, 0.25) is 0 Å². The van der Waals surface area contributed by atoms with E-state index in [9.17, 15) is 10.1 Å². The molecule has 0 fully saturated rings. The lowest BCUT2D eigenvalue weighted by Gasteiger charge is -2.25. The first-order chi connectivity index (χ1) is 13.5. The number of nitriles is 1. The molecule has 0 aromatic heterocycles. The lowest BCUT2D eigenvalue weighted by molar-refractivity contribution is -0.117. The van der Waals surface area contributed by atoms with Gasteiger partial charge < -0.3 is 19.7 Å². The molecule has 0 aliphatic heterocycles. The van der Waals surface area contributed by atoms with Crippen molar-refractivity contribution in [2.24, 2.45) is 0 Å². The van der Waals surface area contributed by atoms with Gasteiger partial charge in [-0.2, -0.15) is 5.26 Å². The van der Waals surface area contributed by atoms with Crippen molar-refractivity contribution in [2.75, 3.05) is 34.9 Å². The van der Waals surface area contributed by atoms with Crippen molar-refractivity contribution in [3.8, 4) is 17.6 Å². The molecule has 0 saturated heterocycles. The smallest absolute Gasteiger partial charge is 0.262 e. The van der Waals surface area contributed by atoms with Crippen molar-refractivity contribution < 1.29 is 14.3 Å². The number of methoxy groups -OCH3 is 2. The summed E-state index contributed by atoms with van der Waals surface area (Å²) < 4.78 is 10.4. The molecular weight excluding hydrogens is 354 g/mol. The average Bonchev–Trinajstić information content (AvgIpc) is 2.72. The summed E-state index contributed by atoms with van der Waals surface area (Å²) >= 11 is 0. The molecule has 146 valence electrons. The van der Waals surface area contributed by atoms with Gasteiger partial charge in [0.05, 0.1) is 20.3 Å². The van der Waals surface area contributed by atoms with Gasteiger partial charge in [0.2, 0.25) is 0 Å². The van der Waals surface area contributed by atoms with Crippen molar-refractivity contribution in [1.82, 2.24) is 10.2 Å². The number of amides is 1. The van der Waals surface area contributed by atoms with E-state index in [1.54, 1.807) is 32.4 Å². The fraction of sp³-hybridized carbons (Fsp3) is 0.273. The summed E-state index contributed by atoms with van der Waals surface area (Å²) in [4.78, 5) is 14.5. The molecule has 0 radical (unpaired) electrons. The molecular formula is C22H25N3O3. The molecule has 6 nitrogen and oxygen atoms in total. The van der Waals surface area contributed by atoms with E-state index in [0.29, 0.717) is 12.3 Å². The second-order valence-corrected chi connectivity index (χ2v) is 6.41. The van der Waals surface area contributed by atoms with Crippen LogP contribution in [0.25, 0.3) is 6.08 Å². The number of ether oxygens (including phenoxy) is 2. The quantitative estimate of drug-likeness (QED) is 0.564. The number of hydrogen-bond donors (Lipinski definition) is 1. The Balaban J connectivity index is 2.11. The standard InChI is InChI=1S/C22H25N3O3/c1-25(2)21(17-8-10-19(27-3)11-9-17)15-24-22(26)18(14-23)12-16-6-5-7-20(13-16)28-4/h5-13,21H,15H2,1-4H3,(H,24,26)/b18-12+/t21-/m0/s1. The number of likely N-dealkylation sites (N-methyl/N-ethyl adjacent to an activating group) is 1. The first-order valence-electron chi connectivity index (χ1n) is 8.83. The number of carbonyl (C=O) groups excluding carboxylic acids is 1. The van der Waals surface area contributed by atoms with Gasteiger partial charge >= 0.3 is 0 Å². The number of nitrogens with zero attached hydrogens (tertiary/aromatic N) is 2. The summed E-state index contributed by atoms with van der Waals surface area (Å²) in [6.45, 7) is 0.370. The fourth-order valence-electron chi connectivity index (χ4n) is 2.76. The molecule has 0 heterocycles. The minimum Gasteiger partial charge on any atom is -0.497 e. The normalized spacial score (nSPS) is 12.2. The Morgan fingerprint density at radius 1 is 1.14 bits per heavy atom. The second-order valence-electron chi connectivity index (χ2n) is 6.41.